The Hall–Kier alpha value is -2.06. The van der Waals surface area contributed by atoms with Crippen molar-refractivity contribution < 1.29 is 22.7 Å². The van der Waals surface area contributed by atoms with Crippen LogP contribution in [0.25, 0.3) is 5.65 Å². The highest BCUT2D eigenvalue weighted by Gasteiger charge is 2.37. The van der Waals surface area contributed by atoms with Gasteiger partial charge in [-0.3, -0.25) is 4.79 Å². The van der Waals surface area contributed by atoms with Gasteiger partial charge in [0.05, 0.1) is 10.2 Å². The summed E-state index contributed by atoms with van der Waals surface area (Å²) in [6.07, 6.45) is 1.50. The highest BCUT2D eigenvalue weighted by atomic mass is 79.9. The molecule has 0 bridgehead atoms. The molecule has 0 radical (unpaired) electrons. The third kappa shape index (κ3) is 2.77. The summed E-state index contributed by atoms with van der Waals surface area (Å²) in [4.78, 5) is 16.6. The first-order chi connectivity index (χ1) is 12.3. The second-order valence-electron chi connectivity index (χ2n) is 5.78. The van der Waals surface area contributed by atoms with Gasteiger partial charge >= 0.3 is 6.61 Å². The van der Waals surface area contributed by atoms with Crippen LogP contribution < -0.4 is 4.74 Å². The molecule has 0 spiro atoms. The summed E-state index contributed by atoms with van der Waals surface area (Å²) in [6, 6.07) is 5.46. The number of pyridine rings is 1. The summed E-state index contributed by atoms with van der Waals surface area (Å²) in [7, 11) is 0. The number of imidazole rings is 1. The van der Waals surface area contributed by atoms with Gasteiger partial charge in [0.15, 0.2) is 5.78 Å². The molecule has 9 heteroatoms. The number of alkyl halides is 2. The van der Waals surface area contributed by atoms with Crippen molar-refractivity contribution in [1.82, 2.24) is 9.38 Å². The SMILES string of the molecule is O=C1C[C@@H](c2cc(Cl)ccc2OC(F)F)c2c1nc1cc(F)c(Br)cn21. The number of carbonyl (C=O) groups excluding carboxylic acids is 1. The molecule has 1 aromatic carbocycles. The smallest absolute Gasteiger partial charge is 0.387 e. The Morgan fingerprint density at radius 2 is 2.12 bits per heavy atom. The molecule has 4 nitrogen and oxygen atoms in total. The summed E-state index contributed by atoms with van der Waals surface area (Å²) in [5.74, 6) is -1.42. The molecule has 4 rings (SSSR count). The summed E-state index contributed by atoms with van der Waals surface area (Å²) in [6.45, 7) is -3.02. The number of aromatic nitrogens is 2. The predicted octanol–water partition coefficient (Wildman–Crippen LogP) is 5.21. The van der Waals surface area contributed by atoms with Gasteiger partial charge in [-0.05, 0) is 34.1 Å². The maximum Gasteiger partial charge on any atom is 0.387 e. The monoisotopic (exact) mass is 444 g/mol. The van der Waals surface area contributed by atoms with Crippen LogP contribution in [0.2, 0.25) is 5.02 Å². The Bertz CT molecular complexity index is 1050. The molecule has 2 heterocycles. The molecule has 26 heavy (non-hydrogen) atoms. The Balaban J connectivity index is 1.93. The summed E-state index contributed by atoms with van der Waals surface area (Å²) in [5, 5.41) is 0.323. The number of fused-ring (bicyclic) bond motifs is 3. The van der Waals surface area contributed by atoms with Gasteiger partial charge < -0.3 is 9.14 Å². The summed E-state index contributed by atoms with van der Waals surface area (Å²) in [5.41, 5.74) is 1.29. The number of ether oxygens (including phenoxy) is 1. The molecule has 0 unspecified atom stereocenters. The van der Waals surface area contributed by atoms with Crippen molar-refractivity contribution in [3.05, 3.63) is 62.7 Å². The van der Waals surface area contributed by atoms with Gasteiger partial charge in [-0.2, -0.15) is 8.78 Å². The second-order valence-corrected chi connectivity index (χ2v) is 7.07. The minimum Gasteiger partial charge on any atom is -0.435 e. The standard InChI is InChI=1S/C17H9BrClF3N2O2/c18-10-6-24-14(5-11(10)20)23-15-12(25)4-9(16(15)24)8-3-7(19)1-2-13(8)26-17(21)22/h1-3,5-6,9,17H,4H2/t9-/m0/s1. The molecule has 0 amide bonds. The average molecular weight is 446 g/mol. The second kappa shape index (κ2) is 6.28. The number of nitrogens with zero attached hydrogens (tertiary/aromatic N) is 2. The van der Waals surface area contributed by atoms with Crippen LogP contribution in [0.1, 0.15) is 34.1 Å². The minimum atomic E-state index is -3.02. The summed E-state index contributed by atoms with van der Waals surface area (Å²) >= 11 is 9.13. The van der Waals surface area contributed by atoms with Gasteiger partial charge in [-0.25, -0.2) is 9.37 Å². The van der Waals surface area contributed by atoms with Gasteiger partial charge in [0.2, 0.25) is 0 Å². The van der Waals surface area contributed by atoms with Crippen LogP contribution in [0.5, 0.6) is 5.75 Å². The lowest BCUT2D eigenvalue weighted by molar-refractivity contribution is -0.0505. The van der Waals surface area contributed by atoms with E-state index in [1.54, 1.807) is 4.40 Å². The van der Waals surface area contributed by atoms with Crippen LogP contribution >= 0.6 is 27.5 Å². The maximum absolute atomic E-state index is 13.8. The molecule has 0 aliphatic heterocycles. The molecule has 1 aliphatic carbocycles. The van der Waals surface area contributed by atoms with Crippen LogP contribution in [0, 0.1) is 5.82 Å². The fourth-order valence-corrected chi connectivity index (χ4v) is 3.73. The highest BCUT2D eigenvalue weighted by Crippen LogP contribution is 2.43. The molecular weight excluding hydrogens is 437 g/mol. The zero-order valence-electron chi connectivity index (χ0n) is 12.8. The van der Waals surface area contributed by atoms with E-state index in [1.165, 1.54) is 30.5 Å². The topological polar surface area (TPSA) is 43.6 Å². The van der Waals surface area contributed by atoms with E-state index in [9.17, 15) is 18.0 Å². The Labute approximate surface area is 158 Å². The van der Waals surface area contributed by atoms with Gasteiger partial charge in [0.25, 0.3) is 0 Å². The van der Waals surface area contributed by atoms with Gasteiger partial charge in [-0.1, -0.05) is 11.6 Å². The van der Waals surface area contributed by atoms with Crippen LogP contribution in [0.4, 0.5) is 13.2 Å². The number of halogens is 5. The van der Waals surface area contributed by atoms with Crippen molar-refractivity contribution in [2.45, 2.75) is 19.0 Å². The van der Waals surface area contributed by atoms with E-state index in [4.69, 9.17) is 11.6 Å². The van der Waals surface area contributed by atoms with Gasteiger partial charge in [0, 0.05) is 35.2 Å². The highest BCUT2D eigenvalue weighted by molar-refractivity contribution is 9.10. The maximum atomic E-state index is 13.8. The van der Waals surface area contributed by atoms with E-state index in [-0.39, 0.29) is 33.8 Å². The minimum absolute atomic E-state index is 0.0372. The van der Waals surface area contributed by atoms with Crippen LogP contribution in [0.3, 0.4) is 0 Å². The number of hydrogen-bond acceptors (Lipinski definition) is 3. The average Bonchev–Trinajstić information content (AvgIpc) is 3.07. The molecule has 0 N–H and O–H groups in total. The van der Waals surface area contributed by atoms with Crippen LogP contribution in [-0.4, -0.2) is 21.8 Å². The molecule has 134 valence electrons. The number of benzene rings is 1. The van der Waals surface area contributed by atoms with E-state index in [2.05, 4.69) is 25.7 Å². The number of hydrogen-bond donors (Lipinski definition) is 0. The number of Topliss-reactive ketones (excluding diaryl/α,β-unsaturated/α-hetero) is 1. The van der Waals surface area contributed by atoms with Crippen molar-refractivity contribution in [3.63, 3.8) is 0 Å². The summed E-state index contributed by atoms with van der Waals surface area (Å²) < 4.78 is 45.7. The van der Waals surface area contributed by atoms with E-state index >= 15 is 0 Å². The largest absolute Gasteiger partial charge is 0.435 e. The third-order valence-corrected chi connectivity index (χ3v) is 5.07. The van der Waals surface area contributed by atoms with Crippen LogP contribution in [-0.2, 0) is 0 Å². The third-order valence-electron chi connectivity index (χ3n) is 4.25. The van der Waals surface area contributed by atoms with Gasteiger partial charge in [0.1, 0.15) is 22.9 Å². The van der Waals surface area contributed by atoms with Crippen molar-refractivity contribution in [1.29, 1.82) is 0 Å². The molecular formula is C17H9BrClF3N2O2. The first-order valence-electron chi connectivity index (χ1n) is 7.49. The molecule has 0 saturated carbocycles. The van der Waals surface area contributed by atoms with E-state index in [0.29, 0.717) is 16.3 Å². The van der Waals surface area contributed by atoms with Crippen molar-refractivity contribution in [3.8, 4) is 5.75 Å². The van der Waals surface area contributed by atoms with Crippen molar-refractivity contribution >= 4 is 39.0 Å². The lowest BCUT2D eigenvalue weighted by Crippen LogP contribution is -2.08. The number of rotatable bonds is 3. The molecule has 1 atom stereocenters. The molecule has 3 aromatic rings. The first kappa shape index (κ1) is 17.4. The van der Waals surface area contributed by atoms with Crippen LogP contribution in [0.15, 0.2) is 34.9 Å². The number of carbonyl (C=O) groups is 1. The zero-order valence-corrected chi connectivity index (χ0v) is 15.2. The fourth-order valence-electron chi connectivity index (χ4n) is 3.23. The Morgan fingerprint density at radius 1 is 1.35 bits per heavy atom. The van der Waals surface area contributed by atoms with Gasteiger partial charge in [-0.15, -0.1) is 0 Å². The van der Waals surface area contributed by atoms with E-state index < -0.39 is 18.3 Å². The normalized spacial score (nSPS) is 16.5. The molecule has 1 aliphatic rings. The molecule has 0 saturated heterocycles. The van der Waals surface area contributed by atoms with E-state index in [0.717, 1.165) is 0 Å². The molecule has 2 aromatic heterocycles. The molecule has 0 fully saturated rings. The quantitative estimate of drug-likeness (QED) is 0.556. The predicted molar refractivity (Wildman–Crippen MR) is 91.7 cm³/mol. The Morgan fingerprint density at radius 3 is 2.85 bits per heavy atom. The lowest BCUT2D eigenvalue weighted by atomic mass is 9.95. The van der Waals surface area contributed by atoms with Crippen molar-refractivity contribution in [2.24, 2.45) is 0 Å². The van der Waals surface area contributed by atoms with E-state index in [1.807, 2.05) is 0 Å². The number of ketones is 1. The fraction of sp³-hybridized carbons (Fsp3) is 0.176. The Kier molecular flexibility index (Phi) is 4.19. The first-order valence-corrected chi connectivity index (χ1v) is 8.66. The zero-order chi connectivity index (χ0) is 18.6. The lowest BCUT2D eigenvalue weighted by Gasteiger charge is -2.17. The van der Waals surface area contributed by atoms with Crippen molar-refractivity contribution in [2.75, 3.05) is 0 Å².